The summed E-state index contributed by atoms with van der Waals surface area (Å²) in [6.45, 7) is 0.111. The summed E-state index contributed by atoms with van der Waals surface area (Å²) in [6, 6.07) is 16.1. The van der Waals surface area contributed by atoms with Gasteiger partial charge in [-0.25, -0.2) is 14.6 Å². The summed E-state index contributed by atoms with van der Waals surface area (Å²) in [5, 5.41) is 2.04. The average molecular weight is 463 g/mol. The first-order valence-electron chi connectivity index (χ1n) is 9.96. The van der Waals surface area contributed by atoms with Crippen LogP contribution in [0.4, 0.5) is 0 Å². The quantitative estimate of drug-likeness (QED) is 0.234. The van der Waals surface area contributed by atoms with Crippen LogP contribution in [0.5, 0.6) is 0 Å². The topological polar surface area (TPSA) is 87.5 Å². The molecule has 2 aromatic carbocycles. The zero-order valence-electron chi connectivity index (χ0n) is 17.9. The number of carbonyl (C=O) groups excluding carboxylic acids is 3. The minimum Gasteiger partial charge on any atom is -0.466 e. The van der Waals surface area contributed by atoms with Gasteiger partial charge in [0.15, 0.2) is 6.29 Å². The molecule has 0 spiro atoms. The molecular formula is C25H19ClN2O5. The fourth-order valence-electron chi connectivity index (χ4n) is 3.79. The minimum absolute atomic E-state index is 0.0277. The maximum absolute atomic E-state index is 12.6. The van der Waals surface area contributed by atoms with Crippen molar-refractivity contribution in [2.45, 2.75) is 6.54 Å². The number of rotatable bonds is 6. The van der Waals surface area contributed by atoms with Crippen molar-refractivity contribution >= 4 is 57.7 Å². The van der Waals surface area contributed by atoms with Crippen molar-refractivity contribution in [1.29, 1.82) is 0 Å². The van der Waals surface area contributed by atoms with E-state index in [1.54, 1.807) is 36.4 Å². The van der Waals surface area contributed by atoms with E-state index in [0.29, 0.717) is 27.8 Å². The highest BCUT2D eigenvalue weighted by molar-refractivity contribution is 6.30. The van der Waals surface area contributed by atoms with Gasteiger partial charge in [0.05, 0.1) is 31.9 Å². The normalized spacial score (nSPS) is 11.5. The number of fused-ring (bicyclic) bond motifs is 3. The van der Waals surface area contributed by atoms with Crippen LogP contribution in [0, 0.1) is 0 Å². The Hall–Kier alpha value is -3.97. The largest absolute Gasteiger partial charge is 0.466 e. The molecule has 0 N–H and O–H groups in total. The van der Waals surface area contributed by atoms with Crippen molar-refractivity contribution in [2.75, 3.05) is 14.2 Å². The number of benzene rings is 2. The Morgan fingerprint density at radius 2 is 1.76 bits per heavy atom. The molecule has 2 heterocycles. The highest BCUT2D eigenvalue weighted by Crippen LogP contribution is 2.32. The van der Waals surface area contributed by atoms with Crippen molar-refractivity contribution in [1.82, 2.24) is 9.55 Å². The molecule has 33 heavy (non-hydrogen) atoms. The van der Waals surface area contributed by atoms with Gasteiger partial charge >= 0.3 is 11.9 Å². The van der Waals surface area contributed by atoms with Gasteiger partial charge in [-0.1, -0.05) is 41.9 Å². The number of hydrogen-bond donors (Lipinski definition) is 0. The standard InChI is InChI=1S/C25H19ClN2O5/c1-32-24(30)16(11-15-7-9-17(26)10-8-15)13-28-22-6-4-3-5-18(22)19-12-20(25(31)33-2)27-21(14-29)23(19)28/h3-12,14H,13H2,1-2H3/b16-11+. The van der Waals surface area contributed by atoms with Crippen molar-refractivity contribution in [3.05, 3.63) is 82.1 Å². The molecule has 0 aliphatic carbocycles. The summed E-state index contributed by atoms with van der Waals surface area (Å²) < 4.78 is 11.6. The molecular weight excluding hydrogens is 444 g/mol. The lowest BCUT2D eigenvalue weighted by Gasteiger charge is -2.12. The number of hydrogen-bond acceptors (Lipinski definition) is 6. The van der Waals surface area contributed by atoms with E-state index in [1.807, 2.05) is 28.8 Å². The SMILES string of the molecule is COC(=O)/C(=C/c1ccc(Cl)cc1)Cn1c2ccccc2c2cc(C(=O)OC)nc(C=O)c21. The van der Waals surface area contributed by atoms with E-state index in [1.165, 1.54) is 14.2 Å². The third kappa shape index (κ3) is 4.23. The van der Waals surface area contributed by atoms with E-state index in [9.17, 15) is 14.4 Å². The molecule has 8 heteroatoms. The van der Waals surface area contributed by atoms with Gasteiger partial charge < -0.3 is 14.0 Å². The van der Waals surface area contributed by atoms with Gasteiger partial charge in [0, 0.05) is 21.3 Å². The van der Waals surface area contributed by atoms with Crippen molar-refractivity contribution in [3.63, 3.8) is 0 Å². The Balaban J connectivity index is 1.96. The van der Waals surface area contributed by atoms with E-state index >= 15 is 0 Å². The number of para-hydroxylation sites is 1. The second-order valence-corrected chi connectivity index (χ2v) is 7.65. The highest BCUT2D eigenvalue weighted by Gasteiger charge is 2.21. The lowest BCUT2D eigenvalue weighted by Crippen LogP contribution is -2.13. The molecule has 0 unspecified atom stereocenters. The van der Waals surface area contributed by atoms with Gasteiger partial charge in [-0.3, -0.25) is 4.79 Å². The number of nitrogens with zero attached hydrogens (tertiary/aromatic N) is 2. The van der Waals surface area contributed by atoms with Crippen LogP contribution in [-0.4, -0.2) is 42.0 Å². The molecule has 0 radical (unpaired) electrons. The molecule has 0 amide bonds. The van der Waals surface area contributed by atoms with E-state index in [2.05, 4.69) is 4.98 Å². The third-order valence-electron chi connectivity index (χ3n) is 5.27. The minimum atomic E-state index is -0.644. The summed E-state index contributed by atoms with van der Waals surface area (Å²) in [6.07, 6.45) is 2.30. The number of esters is 2. The maximum Gasteiger partial charge on any atom is 0.356 e. The number of pyridine rings is 1. The Labute approximate surface area is 194 Å². The fraction of sp³-hybridized carbons (Fsp3) is 0.120. The highest BCUT2D eigenvalue weighted by atomic mass is 35.5. The maximum atomic E-state index is 12.6. The van der Waals surface area contributed by atoms with Crippen molar-refractivity contribution in [3.8, 4) is 0 Å². The van der Waals surface area contributed by atoms with Gasteiger partial charge in [-0.15, -0.1) is 0 Å². The van der Waals surface area contributed by atoms with E-state index in [-0.39, 0.29) is 17.9 Å². The lowest BCUT2D eigenvalue weighted by atomic mass is 10.1. The summed E-state index contributed by atoms with van der Waals surface area (Å²) in [7, 11) is 2.56. The zero-order valence-corrected chi connectivity index (χ0v) is 18.6. The summed E-state index contributed by atoms with van der Waals surface area (Å²) in [5.74, 6) is -1.16. The van der Waals surface area contributed by atoms with Crippen LogP contribution in [0.1, 0.15) is 26.5 Å². The number of aldehydes is 1. The zero-order chi connectivity index (χ0) is 23.5. The van der Waals surface area contributed by atoms with Crippen LogP contribution in [0.25, 0.3) is 27.9 Å². The number of halogens is 1. The van der Waals surface area contributed by atoms with Crippen molar-refractivity contribution in [2.24, 2.45) is 0 Å². The lowest BCUT2D eigenvalue weighted by molar-refractivity contribution is -0.136. The molecule has 0 saturated carbocycles. The summed E-state index contributed by atoms with van der Waals surface area (Å²) >= 11 is 5.97. The van der Waals surface area contributed by atoms with Crippen LogP contribution in [0.3, 0.4) is 0 Å². The molecule has 0 aliphatic heterocycles. The van der Waals surface area contributed by atoms with Crippen molar-refractivity contribution < 1.29 is 23.9 Å². The Morgan fingerprint density at radius 3 is 2.42 bits per heavy atom. The van der Waals surface area contributed by atoms with Gasteiger partial charge in [0.2, 0.25) is 0 Å². The second kappa shape index (κ2) is 9.26. The van der Waals surface area contributed by atoms with Crippen LogP contribution in [-0.2, 0) is 20.8 Å². The van der Waals surface area contributed by atoms with Gasteiger partial charge in [0.25, 0.3) is 0 Å². The number of ether oxygens (including phenoxy) is 2. The molecule has 0 fully saturated rings. The van der Waals surface area contributed by atoms with Gasteiger partial charge in [-0.05, 0) is 35.9 Å². The van der Waals surface area contributed by atoms with E-state index < -0.39 is 11.9 Å². The van der Waals surface area contributed by atoms with Crippen LogP contribution >= 0.6 is 11.6 Å². The molecule has 0 bridgehead atoms. The second-order valence-electron chi connectivity index (χ2n) is 7.21. The Kier molecular flexibility index (Phi) is 6.24. The van der Waals surface area contributed by atoms with Gasteiger partial charge in [-0.2, -0.15) is 0 Å². The summed E-state index contributed by atoms with van der Waals surface area (Å²) in [5.41, 5.74) is 2.49. The van der Waals surface area contributed by atoms with Crippen LogP contribution in [0.2, 0.25) is 5.02 Å². The molecule has 4 rings (SSSR count). The number of methoxy groups -OCH3 is 2. The monoisotopic (exact) mass is 462 g/mol. The first-order valence-corrected chi connectivity index (χ1v) is 10.3. The van der Waals surface area contributed by atoms with E-state index in [4.69, 9.17) is 21.1 Å². The first kappa shape index (κ1) is 22.2. The molecule has 4 aromatic rings. The van der Waals surface area contributed by atoms with Gasteiger partial charge in [0.1, 0.15) is 11.4 Å². The molecule has 2 aromatic heterocycles. The molecule has 0 atom stereocenters. The number of carbonyl (C=O) groups is 3. The molecule has 7 nitrogen and oxygen atoms in total. The Morgan fingerprint density at radius 1 is 1.03 bits per heavy atom. The molecule has 166 valence electrons. The summed E-state index contributed by atoms with van der Waals surface area (Å²) in [4.78, 5) is 40.9. The molecule has 0 aliphatic rings. The Bertz CT molecular complexity index is 1420. The smallest absolute Gasteiger partial charge is 0.356 e. The third-order valence-corrected chi connectivity index (χ3v) is 5.52. The number of aromatic nitrogens is 2. The fourth-order valence-corrected chi connectivity index (χ4v) is 3.92. The first-order chi connectivity index (χ1) is 16.0. The van der Waals surface area contributed by atoms with Crippen LogP contribution < -0.4 is 0 Å². The predicted octanol–water partition coefficient (Wildman–Crippen LogP) is 4.70. The molecule has 0 saturated heterocycles. The van der Waals surface area contributed by atoms with Crippen LogP contribution in [0.15, 0.2) is 60.2 Å². The van der Waals surface area contributed by atoms with E-state index in [0.717, 1.165) is 16.5 Å². The average Bonchev–Trinajstić information content (AvgIpc) is 3.16. The predicted molar refractivity (Wildman–Crippen MR) is 125 cm³/mol.